The molecule has 0 N–H and O–H groups in total. The zero-order chi connectivity index (χ0) is 23.4. The van der Waals surface area contributed by atoms with Crippen LogP contribution in [0.1, 0.15) is 11.1 Å². The number of carbonyl (C=O) groups is 2. The van der Waals surface area contributed by atoms with Gasteiger partial charge in [-0.05, 0) is 29.8 Å². The first kappa shape index (κ1) is 22.1. The highest BCUT2D eigenvalue weighted by Crippen LogP contribution is 2.37. The monoisotopic (exact) mass is 460 g/mol. The highest BCUT2D eigenvalue weighted by atomic mass is 32.2. The molecule has 9 heteroatoms. The van der Waals surface area contributed by atoms with Gasteiger partial charge in [0, 0.05) is 31.0 Å². The summed E-state index contributed by atoms with van der Waals surface area (Å²) in [6.45, 7) is 0. The Morgan fingerprint density at radius 1 is 0.970 bits per heavy atom. The minimum absolute atomic E-state index is 0.0864. The van der Waals surface area contributed by atoms with Gasteiger partial charge in [0.25, 0.3) is 10.0 Å². The van der Waals surface area contributed by atoms with E-state index in [1.807, 2.05) is 18.2 Å². The number of pyridine rings is 1. The van der Waals surface area contributed by atoms with Crippen molar-refractivity contribution < 1.29 is 22.7 Å². The van der Waals surface area contributed by atoms with E-state index in [1.165, 1.54) is 37.5 Å². The summed E-state index contributed by atoms with van der Waals surface area (Å²) < 4.78 is 32.4. The average Bonchev–Trinajstić information content (AvgIpc) is 2.83. The van der Waals surface area contributed by atoms with Crippen molar-refractivity contribution in [2.45, 2.75) is 4.90 Å². The molecule has 0 saturated carbocycles. The van der Waals surface area contributed by atoms with E-state index in [1.54, 1.807) is 42.5 Å². The number of sulfonamides is 1. The average molecular weight is 460 g/mol. The SMILES string of the molecule is CN1C(C(=O)[N+]c2ccccn2)=C(OC(=O)C=Cc2ccccc2)c2ccccc2S1(=O)=O. The van der Waals surface area contributed by atoms with E-state index in [0.29, 0.717) is 0 Å². The molecule has 3 aromatic rings. The number of carbonyl (C=O) groups excluding carboxylic acids is 2. The van der Waals surface area contributed by atoms with Crippen molar-refractivity contribution >= 4 is 39.6 Å². The van der Waals surface area contributed by atoms with Crippen LogP contribution in [0.15, 0.2) is 95.7 Å². The molecule has 8 nitrogen and oxygen atoms in total. The summed E-state index contributed by atoms with van der Waals surface area (Å²) in [4.78, 5) is 29.6. The van der Waals surface area contributed by atoms with Gasteiger partial charge in [0.2, 0.25) is 11.0 Å². The van der Waals surface area contributed by atoms with Crippen LogP contribution in [0.4, 0.5) is 5.82 Å². The lowest BCUT2D eigenvalue weighted by molar-refractivity contribution is -0.131. The minimum Gasteiger partial charge on any atom is -0.420 e. The first-order chi connectivity index (χ1) is 15.9. The smallest absolute Gasteiger partial charge is 0.420 e. The van der Waals surface area contributed by atoms with Crippen LogP contribution < -0.4 is 5.32 Å². The summed E-state index contributed by atoms with van der Waals surface area (Å²) >= 11 is 0. The van der Waals surface area contributed by atoms with E-state index in [0.717, 1.165) is 9.87 Å². The Kier molecular flexibility index (Phi) is 6.16. The Morgan fingerprint density at radius 2 is 1.67 bits per heavy atom. The molecule has 2 aromatic carbocycles. The number of esters is 1. The molecule has 0 saturated heterocycles. The second-order valence-electron chi connectivity index (χ2n) is 6.92. The second kappa shape index (κ2) is 9.19. The number of nitrogens with zero attached hydrogens (tertiary/aromatic N) is 3. The Hall–Kier alpha value is -4.08. The molecule has 33 heavy (non-hydrogen) atoms. The lowest BCUT2D eigenvalue weighted by Crippen LogP contribution is -2.37. The van der Waals surface area contributed by atoms with E-state index in [9.17, 15) is 18.0 Å². The van der Waals surface area contributed by atoms with Crippen LogP contribution in [0.5, 0.6) is 0 Å². The van der Waals surface area contributed by atoms with Crippen molar-refractivity contribution in [3.8, 4) is 0 Å². The molecule has 2 heterocycles. The number of rotatable bonds is 5. The van der Waals surface area contributed by atoms with Crippen molar-refractivity contribution in [3.63, 3.8) is 0 Å². The van der Waals surface area contributed by atoms with Crippen LogP contribution in [0.3, 0.4) is 0 Å². The molecule has 0 spiro atoms. The van der Waals surface area contributed by atoms with Gasteiger partial charge in [-0.25, -0.2) is 18.0 Å². The van der Waals surface area contributed by atoms with E-state index < -0.39 is 21.9 Å². The van der Waals surface area contributed by atoms with E-state index >= 15 is 0 Å². The summed E-state index contributed by atoms with van der Waals surface area (Å²) in [5, 5.41) is 3.90. The molecule has 1 aliphatic heterocycles. The molecule has 0 unspecified atom stereocenters. The fraction of sp³-hybridized carbons (Fsp3) is 0.0417. The molecule has 1 aromatic heterocycles. The minimum atomic E-state index is -4.07. The van der Waals surface area contributed by atoms with Crippen molar-refractivity contribution in [3.05, 3.63) is 102 Å². The van der Waals surface area contributed by atoms with Crippen molar-refractivity contribution in [1.29, 1.82) is 0 Å². The number of hydrogen-bond donors (Lipinski definition) is 0. The Balaban J connectivity index is 1.76. The lowest BCUT2D eigenvalue weighted by atomic mass is 10.1. The number of ether oxygens (including phenoxy) is 1. The third kappa shape index (κ3) is 4.59. The lowest BCUT2D eigenvalue weighted by Gasteiger charge is -2.27. The summed E-state index contributed by atoms with van der Waals surface area (Å²) in [5.41, 5.74) is 0.478. The molecule has 1 amide bonds. The summed E-state index contributed by atoms with van der Waals surface area (Å²) in [7, 11) is -2.86. The van der Waals surface area contributed by atoms with E-state index in [4.69, 9.17) is 4.74 Å². The van der Waals surface area contributed by atoms with Crippen LogP contribution in [-0.4, -0.2) is 36.6 Å². The number of benzene rings is 2. The van der Waals surface area contributed by atoms with Gasteiger partial charge in [-0.15, -0.1) is 0 Å². The predicted octanol–water partition coefficient (Wildman–Crippen LogP) is 3.10. The van der Waals surface area contributed by atoms with Crippen LogP contribution >= 0.6 is 0 Å². The largest absolute Gasteiger partial charge is 0.482 e. The van der Waals surface area contributed by atoms with Crippen LogP contribution in [-0.2, 0) is 24.3 Å². The van der Waals surface area contributed by atoms with Crippen molar-refractivity contribution in [1.82, 2.24) is 14.6 Å². The molecule has 0 aliphatic carbocycles. The second-order valence-corrected chi connectivity index (χ2v) is 8.85. The van der Waals surface area contributed by atoms with Gasteiger partial charge in [0.15, 0.2) is 5.76 Å². The molecule has 2 radical (unpaired) electrons. The maximum absolute atomic E-state index is 13.1. The topological polar surface area (TPSA) is 108 Å². The fourth-order valence-corrected chi connectivity index (χ4v) is 4.58. The molecular weight excluding hydrogens is 442 g/mol. The number of fused-ring (bicyclic) bond motifs is 1. The molecule has 0 fully saturated rings. The van der Waals surface area contributed by atoms with Gasteiger partial charge >= 0.3 is 17.7 Å². The Labute approximate surface area is 190 Å². The molecule has 4 rings (SSSR count). The van der Waals surface area contributed by atoms with Crippen molar-refractivity contribution in [2.75, 3.05) is 7.05 Å². The number of hydrogen-bond acceptors (Lipinski definition) is 6. The Morgan fingerprint density at radius 3 is 2.39 bits per heavy atom. The third-order valence-electron chi connectivity index (χ3n) is 4.78. The van der Waals surface area contributed by atoms with Gasteiger partial charge in [-0.3, -0.25) is 4.31 Å². The predicted molar refractivity (Wildman–Crippen MR) is 121 cm³/mol. The highest BCUT2D eigenvalue weighted by molar-refractivity contribution is 7.89. The van der Waals surface area contributed by atoms with Gasteiger partial charge in [0.05, 0.1) is 4.90 Å². The number of aromatic nitrogens is 1. The maximum atomic E-state index is 13.1. The standard InChI is InChI=1S/C24H18N3O5S/c1-27-22(24(29)26-20-13-7-8-16-25-20)23(18-11-5-6-12-19(18)33(27,30)31)32-21(28)15-14-17-9-3-2-4-10-17/h2-16H,1H3/q+1. The first-order valence-electron chi connectivity index (χ1n) is 9.82. The van der Waals surface area contributed by atoms with Gasteiger partial charge in [0.1, 0.15) is 0 Å². The first-order valence-corrected chi connectivity index (χ1v) is 11.3. The van der Waals surface area contributed by atoms with E-state index in [-0.39, 0.29) is 27.7 Å². The third-order valence-corrected chi connectivity index (χ3v) is 6.60. The maximum Gasteiger partial charge on any atom is 0.482 e. The fourth-order valence-electron chi connectivity index (χ4n) is 3.19. The molecule has 0 bridgehead atoms. The molecular formula is C24H18N3O5S+. The Bertz CT molecular complexity index is 1370. The number of amides is 1. The van der Waals surface area contributed by atoms with Gasteiger partial charge in [-0.1, -0.05) is 48.5 Å². The molecule has 164 valence electrons. The van der Waals surface area contributed by atoms with Crippen LogP contribution in [0.2, 0.25) is 0 Å². The molecule has 1 aliphatic rings. The summed E-state index contributed by atoms with van der Waals surface area (Å²) in [6.07, 6.45) is 4.20. The van der Waals surface area contributed by atoms with Gasteiger partial charge in [-0.2, -0.15) is 4.98 Å². The quantitative estimate of drug-likeness (QED) is 0.428. The summed E-state index contributed by atoms with van der Waals surface area (Å²) in [5.74, 6) is -1.80. The summed E-state index contributed by atoms with van der Waals surface area (Å²) in [6, 6.07) is 19.9. The zero-order valence-corrected chi connectivity index (χ0v) is 18.3. The number of likely N-dealkylation sites (N-methyl/N-ethyl adjacent to an activating group) is 1. The normalized spacial score (nSPS) is 14.8. The van der Waals surface area contributed by atoms with Crippen LogP contribution in [0.25, 0.3) is 11.8 Å². The molecule has 0 atom stereocenters. The van der Waals surface area contributed by atoms with Crippen LogP contribution in [0, 0.1) is 0 Å². The van der Waals surface area contributed by atoms with Gasteiger partial charge < -0.3 is 4.74 Å². The zero-order valence-electron chi connectivity index (χ0n) is 17.5. The highest BCUT2D eigenvalue weighted by Gasteiger charge is 2.44. The van der Waals surface area contributed by atoms with E-state index in [2.05, 4.69) is 10.3 Å². The van der Waals surface area contributed by atoms with Crippen molar-refractivity contribution in [2.24, 2.45) is 0 Å².